The Bertz CT molecular complexity index is 1060. The van der Waals surface area contributed by atoms with Gasteiger partial charge in [0.05, 0.1) is 22.4 Å². The van der Waals surface area contributed by atoms with Crippen molar-refractivity contribution < 1.29 is 27.6 Å². The molecule has 2 heterocycles. The van der Waals surface area contributed by atoms with Gasteiger partial charge in [0.1, 0.15) is 12.1 Å². The number of halogens is 3. The standard InChI is InChI=1S/C18H15F3N4O3/c1-9-4-12(6-13(5-9)18(19,20)21)16-22-8-25(23-16)7-14(17(26)27)15-10(2)24-28-11(15)3/h4-8H,1-3H3,(H,26,27). The molecule has 146 valence electrons. The monoisotopic (exact) mass is 392 g/mol. The van der Waals surface area contributed by atoms with Gasteiger partial charge >= 0.3 is 12.1 Å². The van der Waals surface area contributed by atoms with Gasteiger partial charge in [-0.25, -0.2) is 14.5 Å². The summed E-state index contributed by atoms with van der Waals surface area (Å²) in [5.41, 5.74) is 0.330. The van der Waals surface area contributed by atoms with Crippen LogP contribution in [-0.4, -0.2) is 31.0 Å². The third kappa shape index (κ3) is 3.80. The lowest BCUT2D eigenvalue weighted by atomic mass is 10.1. The lowest BCUT2D eigenvalue weighted by molar-refractivity contribution is -0.137. The predicted molar refractivity (Wildman–Crippen MR) is 93.0 cm³/mol. The molecule has 1 N–H and O–H groups in total. The Morgan fingerprint density at radius 1 is 1.21 bits per heavy atom. The van der Waals surface area contributed by atoms with Gasteiger partial charge in [-0.3, -0.25) is 0 Å². The van der Waals surface area contributed by atoms with Crippen LogP contribution in [0.1, 0.15) is 28.1 Å². The molecule has 0 spiro atoms. The Labute approximate surface area is 157 Å². The SMILES string of the molecule is Cc1cc(-c2ncn(C=C(C(=O)O)c3c(C)noc3C)n2)cc(C(F)(F)F)c1. The first kappa shape index (κ1) is 19.3. The molecule has 10 heteroatoms. The van der Waals surface area contributed by atoms with E-state index in [0.717, 1.165) is 16.8 Å². The van der Waals surface area contributed by atoms with Gasteiger partial charge in [-0.15, -0.1) is 5.10 Å². The van der Waals surface area contributed by atoms with E-state index in [-0.39, 0.29) is 17.0 Å². The maximum atomic E-state index is 13.0. The zero-order chi connectivity index (χ0) is 20.6. The van der Waals surface area contributed by atoms with Gasteiger partial charge in [0.2, 0.25) is 0 Å². The van der Waals surface area contributed by atoms with E-state index < -0.39 is 17.7 Å². The van der Waals surface area contributed by atoms with Crippen LogP contribution in [0, 0.1) is 20.8 Å². The molecular formula is C18H15F3N4O3. The number of hydrogen-bond acceptors (Lipinski definition) is 5. The zero-order valence-corrected chi connectivity index (χ0v) is 15.1. The molecule has 0 aliphatic carbocycles. The lowest BCUT2D eigenvalue weighted by Gasteiger charge is -2.09. The number of carbonyl (C=O) groups is 1. The molecular weight excluding hydrogens is 377 g/mol. The van der Waals surface area contributed by atoms with Crippen molar-refractivity contribution >= 4 is 17.7 Å². The van der Waals surface area contributed by atoms with E-state index in [1.807, 2.05) is 0 Å². The normalized spacial score (nSPS) is 12.4. The molecule has 0 unspecified atom stereocenters. The molecule has 0 aliphatic heterocycles. The molecule has 0 saturated carbocycles. The average molecular weight is 392 g/mol. The fourth-order valence-corrected chi connectivity index (χ4v) is 2.77. The van der Waals surface area contributed by atoms with Crippen molar-refractivity contribution in [1.29, 1.82) is 0 Å². The van der Waals surface area contributed by atoms with Crippen LogP contribution in [0.4, 0.5) is 13.2 Å². The number of carboxylic acids is 1. The molecule has 3 rings (SSSR count). The van der Waals surface area contributed by atoms with E-state index >= 15 is 0 Å². The molecule has 0 bridgehead atoms. The van der Waals surface area contributed by atoms with Crippen molar-refractivity contribution in [1.82, 2.24) is 19.9 Å². The van der Waals surface area contributed by atoms with Crippen molar-refractivity contribution in [2.75, 3.05) is 0 Å². The van der Waals surface area contributed by atoms with Crippen molar-refractivity contribution in [2.24, 2.45) is 0 Å². The topological polar surface area (TPSA) is 94.0 Å². The van der Waals surface area contributed by atoms with Crippen LogP contribution in [0.5, 0.6) is 0 Å². The third-order valence-electron chi connectivity index (χ3n) is 3.97. The molecule has 0 atom stereocenters. The smallest absolute Gasteiger partial charge is 0.416 e. The summed E-state index contributed by atoms with van der Waals surface area (Å²) in [4.78, 5) is 15.7. The summed E-state index contributed by atoms with van der Waals surface area (Å²) in [6.45, 7) is 4.71. The maximum absolute atomic E-state index is 13.0. The largest absolute Gasteiger partial charge is 0.478 e. The van der Waals surface area contributed by atoms with Crippen molar-refractivity contribution in [3.8, 4) is 11.4 Å². The number of aliphatic carboxylic acids is 1. The molecule has 0 radical (unpaired) electrons. The first-order valence-corrected chi connectivity index (χ1v) is 8.05. The van der Waals surface area contributed by atoms with Gasteiger partial charge in [-0.1, -0.05) is 5.16 Å². The summed E-state index contributed by atoms with van der Waals surface area (Å²) in [5.74, 6) is -0.879. The van der Waals surface area contributed by atoms with E-state index in [2.05, 4.69) is 15.2 Å². The van der Waals surface area contributed by atoms with Crippen LogP contribution >= 0.6 is 0 Å². The van der Waals surface area contributed by atoms with Crippen LogP contribution < -0.4 is 0 Å². The van der Waals surface area contributed by atoms with E-state index in [1.165, 1.54) is 25.5 Å². The predicted octanol–water partition coefficient (Wildman–Crippen LogP) is 3.96. The minimum atomic E-state index is -4.50. The zero-order valence-electron chi connectivity index (χ0n) is 15.1. The molecule has 1 aromatic carbocycles. The van der Waals surface area contributed by atoms with E-state index in [0.29, 0.717) is 22.6 Å². The van der Waals surface area contributed by atoms with Crippen LogP contribution in [0.3, 0.4) is 0 Å². The maximum Gasteiger partial charge on any atom is 0.416 e. The third-order valence-corrected chi connectivity index (χ3v) is 3.97. The van der Waals surface area contributed by atoms with E-state index in [9.17, 15) is 23.1 Å². The number of hydrogen-bond donors (Lipinski definition) is 1. The summed E-state index contributed by atoms with van der Waals surface area (Å²) in [6, 6.07) is 3.49. The quantitative estimate of drug-likeness (QED) is 0.676. The molecule has 2 aromatic heterocycles. The van der Waals surface area contributed by atoms with Gasteiger partial charge in [0.25, 0.3) is 0 Å². The fraction of sp³-hybridized carbons (Fsp3) is 0.222. The number of benzene rings is 1. The molecule has 0 fully saturated rings. The van der Waals surface area contributed by atoms with Gasteiger partial charge in [-0.2, -0.15) is 13.2 Å². The number of aryl methyl sites for hydroxylation is 3. The van der Waals surface area contributed by atoms with Gasteiger partial charge in [-0.05, 0) is 44.5 Å². The molecule has 7 nitrogen and oxygen atoms in total. The van der Waals surface area contributed by atoms with E-state index in [4.69, 9.17) is 4.52 Å². The van der Waals surface area contributed by atoms with Gasteiger partial charge < -0.3 is 9.63 Å². The Morgan fingerprint density at radius 3 is 2.50 bits per heavy atom. The highest BCUT2D eigenvalue weighted by molar-refractivity contribution is 6.19. The summed E-state index contributed by atoms with van der Waals surface area (Å²) in [7, 11) is 0. The molecule has 0 saturated heterocycles. The summed E-state index contributed by atoms with van der Waals surface area (Å²) >= 11 is 0. The van der Waals surface area contributed by atoms with Crippen molar-refractivity contribution in [3.05, 3.63) is 52.7 Å². The number of rotatable bonds is 4. The highest BCUT2D eigenvalue weighted by Crippen LogP contribution is 2.32. The van der Waals surface area contributed by atoms with E-state index in [1.54, 1.807) is 13.8 Å². The highest BCUT2D eigenvalue weighted by Gasteiger charge is 2.31. The second-order valence-corrected chi connectivity index (χ2v) is 6.18. The Hall–Kier alpha value is -3.43. The Morgan fingerprint density at radius 2 is 1.93 bits per heavy atom. The molecule has 3 aromatic rings. The number of alkyl halides is 3. The fourth-order valence-electron chi connectivity index (χ4n) is 2.77. The van der Waals surface area contributed by atoms with Crippen molar-refractivity contribution in [3.63, 3.8) is 0 Å². The van der Waals surface area contributed by atoms with Crippen LogP contribution in [0.15, 0.2) is 29.0 Å². The van der Waals surface area contributed by atoms with Gasteiger partial charge in [0, 0.05) is 11.8 Å². The Kier molecular flexibility index (Phi) is 4.80. The lowest BCUT2D eigenvalue weighted by Crippen LogP contribution is -2.05. The summed E-state index contributed by atoms with van der Waals surface area (Å²) in [6.07, 6.45) is -2.08. The molecule has 0 aliphatic rings. The van der Waals surface area contributed by atoms with Crippen LogP contribution in [0.25, 0.3) is 23.2 Å². The van der Waals surface area contributed by atoms with Gasteiger partial charge in [0.15, 0.2) is 5.82 Å². The molecule has 28 heavy (non-hydrogen) atoms. The minimum Gasteiger partial charge on any atom is -0.478 e. The summed E-state index contributed by atoms with van der Waals surface area (Å²) < 4.78 is 45.2. The second kappa shape index (κ2) is 6.95. The van der Waals surface area contributed by atoms with Crippen LogP contribution in [0.2, 0.25) is 0 Å². The number of nitrogens with zero attached hydrogens (tertiary/aromatic N) is 4. The minimum absolute atomic E-state index is 0.0361. The first-order valence-electron chi connectivity index (χ1n) is 8.05. The summed E-state index contributed by atoms with van der Waals surface area (Å²) in [5, 5.41) is 17.3. The highest BCUT2D eigenvalue weighted by atomic mass is 19.4. The number of carboxylic acid groups (broad SMARTS) is 1. The van der Waals surface area contributed by atoms with Crippen LogP contribution in [-0.2, 0) is 11.0 Å². The number of aromatic nitrogens is 4. The second-order valence-electron chi connectivity index (χ2n) is 6.18. The van der Waals surface area contributed by atoms with Crippen molar-refractivity contribution in [2.45, 2.75) is 26.9 Å². The first-order chi connectivity index (χ1) is 13.1. The average Bonchev–Trinajstić information content (AvgIpc) is 3.18. The molecule has 0 amide bonds. The Balaban J connectivity index is 2.04.